The van der Waals surface area contributed by atoms with Gasteiger partial charge in [0, 0.05) is 16.8 Å². The molecular weight excluding hydrogens is 180 g/mol. The Hall–Kier alpha value is -1.29. The van der Waals surface area contributed by atoms with Crippen molar-refractivity contribution in [1.82, 2.24) is 5.32 Å². The SMILES string of the molecule is C#CC(C)NCc1cc(C#N)cs1. The molecule has 1 heterocycles. The fourth-order valence-electron chi connectivity index (χ4n) is 0.845. The van der Waals surface area contributed by atoms with E-state index < -0.39 is 0 Å². The van der Waals surface area contributed by atoms with Crippen LogP contribution in [0.3, 0.4) is 0 Å². The van der Waals surface area contributed by atoms with Gasteiger partial charge >= 0.3 is 0 Å². The molecule has 0 aliphatic rings. The van der Waals surface area contributed by atoms with Gasteiger partial charge in [-0.05, 0) is 13.0 Å². The summed E-state index contributed by atoms with van der Waals surface area (Å²) < 4.78 is 0. The zero-order valence-electron chi connectivity index (χ0n) is 7.37. The first-order valence-corrected chi connectivity index (χ1v) is 4.81. The van der Waals surface area contributed by atoms with Crippen LogP contribution in [0, 0.1) is 23.7 Å². The molecule has 1 aromatic heterocycles. The second kappa shape index (κ2) is 4.67. The summed E-state index contributed by atoms with van der Waals surface area (Å²) in [6.07, 6.45) is 5.21. The molecule has 0 bridgehead atoms. The summed E-state index contributed by atoms with van der Waals surface area (Å²) in [4.78, 5) is 1.14. The molecule has 1 aromatic rings. The summed E-state index contributed by atoms with van der Waals surface area (Å²) >= 11 is 1.57. The fourth-order valence-corrected chi connectivity index (χ4v) is 1.61. The highest BCUT2D eigenvalue weighted by Crippen LogP contribution is 2.13. The number of nitrogens with one attached hydrogen (secondary N) is 1. The highest BCUT2D eigenvalue weighted by Gasteiger charge is 2.00. The molecule has 0 aliphatic heterocycles. The Kier molecular flexibility index (Phi) is 3.52. The van der Waals surface area contributed by atoms with Crippen LogP contribution in [-0.2, 0) is 6.54 Å². The quantitative estimate of drug-likeness (QED) is 0.737. The fraction of sp³-hybridized carbons (Fsp3) is 0.300. The number of thiophene rings is 1. The second-order valence-corrected chi connectivity index (χ2v) is 3.68. The summed E-state index contributed by atoms with van der Waals surface area (Å²) in [5.74, 6) is 2.58. The lowest BCUT2D eigenvalue weighted by Crippen LogP contribution is -2.22. The van der Waals surface area contributed by atoms with Crippen LogP contribution in [0.1, 0.15) is 17.4 Å². The van der Waals surface area contributed by atoms with Gasteiger partial charge in [0.05, 0.1) is 11.6 Å². The van der Waals surface area contributed by atoms with E-state index >= 15 is 0 Å². The first-order valence-electron chi connectivity index (χ1n) is 3.93. The molecule has 0 amide bonds. The number of nitriles is 1. The first-order chi connectivity index (χ1) is 6.26. The molecule has 0 aromatic carbocycles. The molecule has 66 valence electrons. The van der Waals surface area contributed by atoms with E-state index in [0.29, 0.717) is 0 Å². The van der Waals surface area contributed by atoms with E-state index in [4.69, 9.17) is 11.7 Å². The Labute approximate surface area is 82.2 Å². The van der Waals surface area contributed by atoms with Gasteiger partial charge in [-0.25, -0.2) is 0 Å². The van der Waals surface area contributed by atoms with Crippen molar-refractivity contribution in [1.29, 1.82) is 5.26 Å². The molecule has 0 saturated carbocycles. The Morgan fingerprint density at radius 1 is 1.77 bits per heavy atom. The Balaban J connectivity index is 2.48. The monoisotopic (exact) mass is 190 g/mol. The minimum Gasteiger partial charge on any atom is -0.299 e. The molecule has 1 atom stereocenters. The molecule has 1 unspecified atom stereocenters. The van der Waals surface area contributed by atoms with E-state index in [1.54, 1.807) is 11.3 Å². The zero-order valence-corrected chi connectivity index (χ0v) is 8.19. The zero-order chi connectivity index (χ0) is 9.68. The topological polar surface area (TPSA) is 35.8 Å². The van der Waals surface area contributed by atoms with Crippen LogP contribution < -0.4 is 5.32 Å². The van der Waals surface area contributed by atoms with Crippen LogP contribution in [0.15, 0.2) is 11.4 Å². The van der Waals surface area contributed by atoms with Crippen LogP contribution in [0.25, 0.3) is 0 Å². The van der Waals surface area contributed by atoms with E-state index in [0.717, 1.165) is 17.0 Å². The van der Waals surface area contributed by atoms with Crippen LogP contribution in [0.2, 0.25) is 0 Å². The summed E-state index contributed by atoms with van der Waals surface area (Å²) in [7, 11) is 0. The molecule has 0 fully saturated rings. The molecule has 0 spiro atoms. The molecule has 3 heteroatoms. The van der Waals surface area contributed by atoms with Crippen LogP contribution in [-0.4, -0.2) is 6.04 Å². The largest absolute Gasteiger partial charge is 0.299 e. The van der Waals surface area contributed by atoms with Gasteiger partial charge in [0.2, 0.25) is 0 Å². The minimum absolute atomic E-state index is 0.0765. The standard InChI is InChI=1S/C10H10N2S/c1-3-8(2)12-6-10-4-9(5-11)7-13-10/h1,4,7-8,12H,6H2,2H3. The van der Waals surface area contributed by atoms with Crippen molar-refractivity contribution in [2.24, 2.45) is 0 Å². The minimum atomic E-state index is 0.0765. The first kappa shape index (κ1) is 9.80. The van der Waals surface area contributed by atoms with Crippen molar-refractivity contribution >= 4 is 11.3 Å². The average Bonchev–Trinajstić information content (AvgIpc) is 2.61. The molecule has 0 aliphatic carbocycles. The van der Waals surface area contributed by atoms with E-state index in [1.165, 1.54) is 0 Å². The van der Waals surface area contributed by atoms with Gasteiger partial charge in [-0.2, -0.15) is 5.26 Å². The van der Waals surface area contributed by atoms with E-state index in [9.17, 15) is 0 Å². The van der Waals surface area contributed by atoms with Gasteiger partial charge < -0.3 is 0 Å². The van der Waals surface area contributed by atoms with Crippen LogP contribution >= 0.6 is 11.3 Å². The van der Waals surface area contributed by atoms with Crippen molar-refractivity contribution in [3.8, 4) is 18.4 Å². The maximum Gasteiger partial charge on any atom is 0.100 e. The van der Waals surface area contributed by atoms with Crippen LogP contribution in [0.4, 0.5) is 0 Å². The third-order valence-corrected chi connectivity index (χ3v) is 2.55. The maximum absolute atomic E-state index is 8.58. The van der Waals surface area contributed by atoms with Crippen molar-refractivity contribution < 1.29 is 0 Å². The van der Waals surface area contributed by atoms with Crippen molar-refractivity contribution in [2.75, 3.05) is 0 Å². The Morgan fingerprint density at radius 3 is 3.08 bits per heavy atom. The third-order valence-electron chi connectivity index (χ3n) is 1.62. The van der Waals surface area contributed by atoms with E-state index in [1.807, 2.05) is 18.4 Å². The molecular formula is C10H10N2S. The lowest BCUT2D eigenvalue weighted by Gasteiger charge is -2.04. The molecule has 13 heavy (non-hydrogen) atoms. The summed E-state index contributed by atoms with van der Waals surface area (Å²) in [6.45, 7) is 2.66. The van der Waals surface area contributed by atoms with Crippen molar-refractivity contribution in [2.45, 2.75) is 19.5 Å². The predicted octanol–water partition coefficient (Wildman–Crippen LogP) is 1.73. The van der Waals surface area contributed by atoms with Gasteiger partial charge in [0.15, 0.2) is 0 Å². The van der Waals surface area contributed by atoms with Crippen molar-refractivity contribution in [3.05, 3.63) is 21.9 Å². The number of rotatable bonds is 3. The van der Waals surface area contributed by atoms with Crippen LogP contribution in [0.5, 0.6) is 0 Å². The van der Waals surface area contributed by atoms with Gasteiger partial charge in [0.25, 0.3) is 0 Å². The van der Waals surface area contributed by atoms with Gasteiger partial charge in [-0.3, -0.25) is 5.32 Å². The molecule has 0 saturated heterocycles. The highest BCUT2D eigenvalue weighted by molar-refractivity contribution is 7.10. The number of terminal acetylenes is 1. The summed E-state index contributed by atoms with van der Waals surface area (Å²) in [6, 6.07) is 4.04. The average molecular weight is 190 g/mol. The van der Waals surface area contributed by atoms with Crippen molar-refractivity contribution in [3.63, 3.8) is 0 Å². The van der Waals surface area contributed by atoms with E-state index in [2.05, 4.69) is 17.3 Å². The summed E-state index contributed by atoms with van der Waals surface area (Å²) in [5, 5.41) is 13.6. The highest BCUT2D eigenvalue weighted by atomic mass is 32.1. The van der Waals surface area contributed by atoms with Gasteiger partial charge in [-0.15, -0.1) is 17.8 Å². The van der Waals surface area contributed by atoms with E-state index in [-0.39, 0.29) is 6.04 Å². The molecule has 2 nitrogen and oxygen atoms in total. The smallest absolute Gasteiger partial charge is 0.100 e. The summed E-state index contributed by atoms with van der Waals surface area (Å²) in [5.41, 5.74) is 0.718. The number of nitrogens with zero attached hydrogens (tertiary/aromatic N) is 1. The molecule has 1 N–H and O–H groups in total. The van der Waals surface area contributed by atoms with Gasteiger partial charge in [0.1, 0.15) is 6.07 Å². The van der Waals surface area contributed by atoms with Gasteiger partial charge in [-0.1, -0.05) is 5.92 Å². The Bertz CT molecular complexity index is 354. The second-order valence-electron chi connectivity index (χ2n) is 2.68. The lowest BCUT2D eigenvalue weighted by atomic mass is 10.3. The predicted molar refractivity (Wildman–Crippen MR) is 54.2 cm³/mol. The lowest BCUT2D eigenvalue weighted by molar-refractivity contribution is 0.654. The molecule has 1 rings (SSSR count). The maximum atomic E-state index is 8.58. The normalized spacial score (nSPS) is 11.6. The molecule has 0 radical (unpaired) electrons. The Morgan fingerprint density at radius 2 is 2.54 bits per heavy atom. The third kappa shape index (κ3) is 2.91. The number of hydrogen-bond donors (Lipinski definition) is 1. The number of hydrogen-bond acceptors (Lipinski definition) is 3.